The lowest BCUT2D eigenvalue weighted by Gasteiger charge is -2.51. The zero-order valence-electron chi connectivity index (χ0n) is 16.5. The van der Waals surface area contributed by atoms with Crippen molar-refractivity contribution < 1.29 is 9.90 Å². The van der Waals surface area contributed by atoms with Crippen molar-refractivity contribution in [2.24, 2.45) is 11.3 Å². The molecule has 0 bridgehead atoms. The number of carbonyl (C=O) groups is 1. The van der Waals surface area contributed by atoms with Crippen LogP contribution in [0.15, 0.2) is 48.8 Å². The van der Waals surface area contributed by atoms with Gasteiger partial charge in [0.1, 0.15) is 0 Å². The molecule has 2 saturated heterocycles. The van der Waals surface area contributed by atoms with Crippen LogP contribution < -0.4 is 0 Å². The van der Waals surface area contributed by atoms with Crippen molar-refractivity contribution in [2.45, 2.75) is 25.7 Å². The first-order chi connectivity index (χ1) is 13.7. The van der Waals surface area contributed by atoms with Gasteiger partial charge >= 0.3 is 0 Å². The van der Waals surface area contributed by atoms with Crippen LogP contribution >= 0.6 is 0 Å². The number of aromatic nitrogens is 1. The third-order valence-corrected chi connectivity index (χ3v) is 6.95. The van der Waals surface area contributed by atoms with E-state index in [0.717, 1.165) is 51.9 Å². The number of amides is 1. The SMILES string of the molecule is O=C(c1cc[nH]c1)N1CCC2(CCN(CCc3ccccc3)CC2)[C@H](CO)C1. The molecular formula is C23H31N3O2. The smallest absolute Gasteiger partial charge is 0.255 e. The van der Waals surface area contributed by atoms with Gasteiger partial charge in [0.15, 0.2) is 0 Å². The molecule has 4 rings (SSSR count). The Labute approximate surface area is 167 Å². The fourth-order valence-electron chi connectivity index (χ4n) is 5.00. The maximum Gasteiger partial charge on any atom is 0.255 e. The van der Waals surface area contributed by atoms with Crippen LogP contribution in [-0.2, 0) is 6.42 Å². The number of piperidine rings is 2. The number of H-pyrrole nitrogens is 1. The number of nitrogens with one attached hydrogen (secondary N) is 1. The third-order valence-electron chi connectivity index (χ3n) is 6.95. The van der Waals surface area contributed by atoms with E-state index in [9.17, 15) is 9.90 Å². The molecule has 2 fully saturated rings. The minimum atomic E-state index is 0.0786. The molecule has 5 nitrogen and oxygen atoms in total. The third kappa shape index (κ3) is 4.01. The molecule has 2 N–H and O–H groups in total. The van der Waals surface area contributed by atoms with Gasteiger partial charge in [-0.1, -0.05) is 30.3 Å². The van der Waals surface area contributed by atoms with Crippen LogP contribution in [0.2, 0.25) is 0 Å². The van der Waals surface area contributed by atoms with Gasteiger partial charge in [-0.25, -0.2) is 0 Å². The lowest BCUT2D eigenvalue weighted by Crippen LogP contribution is -2.54. The molecule has 2 aliphatic rings. The lowest BCUT2D eigenvalue weighted by atomic mass is 9.64. The Hall–Kier alpha value is -2.11. The molecule has 0 unspecified atom stereocenters. The van der Waals surface area contributed by atoms with Crippen molar-refractivity contribution in [1.82, 2.24) is 14.8 Å². The highest BCUT2D eigenvalue weighted by molar-refractivity contribution is 5.94. The predicted molar refractivity (Wildman–Crippen MR) is 110 cm³/mol. The van der Waals surface area contributed by atoms with Crippen LogP contribution in [0.25, 0.3) is 0 Å². The monoisotopic (exact) mass is 381 g/mol. The van der Waals surface area contributed by atoms with E-state index in [-0.39, 0.29) is 23.8 Å². The van der Waals surface area contributed by atoms with E-state index in [2.05, 4.69) is 40.2 Å². The summed E-state index contributed by atoms with van der Waals surface area (Å²) >= 11 is 0. The fourth-order valence-corrected chi connectivity index (χ4v) is 5.00. The standard InChI is InChI=1S/C23H31N3O2/c27-18-21-17-26(22(28)20-6-11-24-16-20)15-10-23(21)8-13-25(14-9-23)12-7-19-4-2-1-3-5-19/h1-6,11,16,21,24,27H,7-10,12-15,17-18H2/t21-/m0/s1. The largest absolute Gasteiger partial charge is 0.396 e. The van der Waals surface area contributed by atoms with Gasteiger partial charge in [-0.2, -0.15) is 0 Å². The highest BCUT2D eigenvalue weighted by Gasteiger charge is 2.45. The minimum absolute atomic E-state index is 0.0786. The van der Waals surface area contributed by atoms with E-state index < -0.39 is 0 Å². The van der Waals surface area contributed by atoms with E-state index in [0.29, 0.717) is 12.1 Å². The Balaban J connectivity index is 1.32. The number of carbonyl (C=O) groups excluding carboxylic acids is 1. The van der Waals surface area contributed by atoms with Gasteiger partial charge in [-0.05, 0) is 55.8 Å². The number of likely N-dealkylation sites (tertiary alicyclic amines) is 2. The van der Waals surface area contributed by atoms with Crippen LogP contribution in [0, 0.1) is 11.3 Å². The summed E-state index contributed by atoms with van der Waals surface area (Å²) in [7, 11) is 0. The molecule has 28 heavy (non-hydrogen) atoms. The number of nitrogens with zero attached hydrogens (tertiary/aromatic N) is 2. The molecule has 0 saturated carbocycles. The summed E-state index contributed by atoms with van der Waals surface area (Å²) in [4.78, 5) is 20.1. The zero-order chi connectivity index (χ0) is 19.4. The maximum atomic E-state index is 12.7. The second kappa shape index (κ2) is 8.50. The molecule has 1 atom stereocenters. The van der Waals surface area contributed by atoms with E-state index in [1.807, 2.05) is 11.0 Å². The summed E-state index contributed by atoms with van der Waals surface area (Å²) in [6.07, 6.45) is 7.88. The van der Waals surface area contributed by atoms with Crippen molar-refractivity contribution in [3.63, 3.8) is 0 Å². The number of aromatic amines is 1. The molecule has 150 valence electrons. The Bertz CT molecular complexity index is 751. The highest BCUT2D eigenvalue weighted by atomic mass is 16.3. The van der Waals surface area contributed by atoms with Crippen LogP contribution in [-0.4, -0.2) is 65.1 Å². The first kappa shape index (κ1) is 19.2. The fraction of sp³-hybridized carbons (Fsp3) is 0.522. The zero-order valence-corrected chi connectivity index (χ0v) is 16.5. The highest BCUT2D eigenvalue weighted by Crippen LogP contribution is 2.45. The minimum Gasteiger partial charge on any atom is -0.396 e. The van der Waals surface area contributed by atoms with Crippen molar-refractivity contribution in [3.05, 3.63) is 59.9 Å². The van der Waals surface area contributed by atoms with Crippen LogP contribution in [0.1, 0.15) is 35.2 Å². The predicted octanol–water partition coefficient (Wildman–Crippen LogP) is 2.79. The molecule has 0 radical (unpaired) electrons. The number of rotatable bonds is 5. The van der Waals surface area contributed by atoms with Crippen molar-refractivity contribution in [1.29, 1.82) is 0 Å². The topological polar surface area (TPSA) is 59.6 Å². The van der Waals surface area contributed by atoms with Crippen LogP contribution in [0.3, 0.4) is 0 Å². The van der Waals surface area contributed by atoms with Gasteiger partial charge < -0.3 is 19.9 Å². The number of aliphatic hydroxyl groups is 1. The van der Waals surface area contributed by atoms with Gasteiger partial charge in [0.2, 0.25) is 0 Å². The first-order valence-electron chi connectivity index (χ1n) is 10.5. The Morgan fingerprint density at radius 2 is 1.86 bits per heavy atom. The summed E-state index contributed by atoms with van der Waals surface area (Å²) < 4.78 is 0. The van der Waals surface area contributed by atoms with Gasteiger partial charge in [-0.3, -0.25) is 4.79 Å². The Morgan fingerprint density at radius 1 is 1.11 bits per heavy atom. The molecule has 1 aromatic heterocycles. The van der Waals surface area contributed by atoms with E-state index >= 15 is 0 Å². The van der Waals surface area contributed by atoms with Crippen molar-refractivity contribution in [2.75, 3.05) is 39.3 Å². The van der Waals surface area contributed by atoms with E-state index in [1.54, 1.807) is 12.4 Å². The summed E-state index contributed by atoms with van der Waals surface area (Å²) in [5, 5.41) is 10.1. The number of aliphatic hydroxyl groups excluding tert-OH is 1. The molecule has 1 amide bonds. The van der Waals surface area contributed by atoms with Crippen molar-refractivity contribution in [3.8, 4) is 0 Å². The maximum absolute atomic E-state index is 12.7. The molecule has 0 aliphatic carbocycles. The number of hydrogen-bond donors (Lipinski definition) is 2. The lowest BCUT2D eigenvalue weighted by molar-refractivity contribution is -0.0349. The molecule has 1 spiro atoms. The molecule has 2 aromatic rings. The normalized spacial score (nSPS) is 22.5. The van der Waals surface area contributed by atoms with Crippen molar-refractivity contribution >= 4 is 5.91 Å². The molecular weight excluding hydrogens is 350 g/mol. The van der Waals surface area contributed by atoms with Gasteiger partial charge in [0, 0.05) is 44.6 Å². The second-order valence-corrected chi connectivity index (χ2v) is 8.42. The Morgan fingerprint density at radius 3 is 2.54 bits per heavy atom. The van der Waals surface area contributed by atoms with E-state index in [4.69, 9.17) is 0 Å². The van der Waals surface area contributed by atoms with Gasteiger partial charge in [-0.15, -0.1) is 0 Å². The molecule has 2 aliphatic heterocycles. The summed E-state index contributed by atoms with van der Waals surface area (Å²) in [5.74, 6) is 0.260. The van der Waals surface area contributed by atoms with Crippen LogP contribution in [0.4, 0.5) is 0 Å². The number of hydrogen-bond acceptors (Lipinski definition) is 3. The molecule has 1 aromatic carbocycles. The molecule has 3 heterocycles. The average molecular weight is 382 g/mol. The van der Waals surface area contributed by atoms with E-state index in [1.165, 1.54) is 5.56 Å². The first-order valence-corrected chi connectivity index (χ1v) is 10.5. The quantitative estimate of drug-likeness (QED) is 0.837. The van der Waals surface area contributed by atoms with Gasteiger partial charge in [0.05, 0.1) is 5.56 Å². The van der Waals surface area contributed by atoms with Gasteiger partial charge in [0.25, 0.3) is 5.91 Å². The summed E-state index contributed by atoms with van der Waals surface area (Å²) in [6, 6.07) is 12.5. The second-order valence-electron chi connectivity index (χ2n) is 8.42. The average Bonchev–Trinajstić information content (AvgIpc) is 3.29. The summed E-state index contributed by atoms with van der Waals surface area (Å²) in [6.45, 7) is 4.92. The van der Waals surface area contributed by atoms with Crippen LogP contribution in [0.5, 0.6) is 0 Å². The number of benzene rings is 1. The Kier molecular flexibility index (Phi) is 5.83. The molecule has 5 heteroatoms. The summed E-state index contributed by atoms with van der Waals surface area (Å²) in [5.41, 5.74) is 2.29.